The molecule has 2 aromatic carbocycles. The van der Waals surface area contributed by atoms with E-state index < -0.39 is 18.4 Å². The first-order chi connectivity index (χ1) is 16.3. The summed E-state index contributed by atoms with van der Waals surface area (Å²) >= 11 is 3.51. The van der Waals surface area contributed by atoms with Crippen LogP contribution in [0.1, 0.15) is 32.1 Å². The molecular formula is C25H28BrN5O3. The molecule has 1 aliphatic rings. The van der Waals surface area contributed by atoms with Gasteiger partial charge in [-0.15, -0.1) is 0 Å². The highest BCUT2D eigenvalue weighted by atomic mass is 79.9. The third-order valence-corrected chi connectivity index (χ3v) is 6.89. The van der Waals surface area contributed by atoms with Gasteiger partial charge in [0.2, 0.25) is 0 Å². The minimum atomic E-state index is -1.00. The Kier molecular flexibility index (Phi) is 7.22. The number of aliphatic hydroxyl groups excluding tert-OH is 1. The van der Waals surface area contributed by atoms with Crippen molar-refractivity contribution in [2.45, 2.75) is 38.6 Å². The molecule has 1 aliphatic heterocycles. The predicted octanol–water partition coefficient (Wildman–Crippen LogP) is 4.58. The lowest BCUT2D eigenvalue weighted by Crippen LogP contribution is -2.54. The summed E-state index contributed by atoms with van der Waals surface area (Å²) in [6.07, 6.45) is 0.714. The van der Waals surface area contributed by atoms with Crippen LogP contribution in [0.15, 0.2) is 47.1 Å². The molecule has 1 aromatic heterocycles. The molecule has 8 nitrogen and oxygen atoms in total. The largest absolute Gasteiger partial charge is 0.453 e. The first-order valence-electron chi connectivity index (χ1n) is 11.2. The number of carbonyl (C=O) groups is 1. The Morgan fingerprint density at radius 3 is 2.76 bits per heavy atom. The normalized spacial score (nSPS) is 20.3. The van der Waals surface area contributed by atoms with E-state index in [1.165, 1.54) is 7.11 Å². The zero-order valence-corrected chi connectivity index (χ0v) is 20.9. The molecule has 0 saturated carbocycles. The number of aliphatic hydroxyl groups is 1. The molecule has 0 bridgehead atoms. The highest BCUT2D eigenvalue weighted by Gasteiger charge is 2.42. The van der Waals surface area contributed by atoms with E-state index in [4.69, 9.17) is 4.74 Å². The lowest BCUT2D eigenvalue weighted by atomic mass is 10.0. The van der Waals surface area contributed by atoms with Crippen molar-refractivity contribution in [3.8, 4) is 17.3 Å². The molecule has 4 rings (SSSR count). The summed E-state index contributed by atoms with van der Waals surface area (Å²) in [6.45, 7) is 4.22. The zero-order chi connectivity index (χ0) is 24.4. The number of fused-ring (bicyclic) bond motifs is 1. The first-order valence-corrected chi connectivity index (χ1v) is 12.0. The van der Waals surface area contributed by atoms with Gasteiger partial charge in [0.15, 0.2) is 0 Å². The van der Waals surface area contributed by atoms with Crippen LogP contribution in [0.3, 0.4) is 0 Å². The van der Waals surface area contributed by atoms with E-state index in [9.17, 15) is 15.2 Å². The topological polar surface area (TPSA) is 114 Å². The van der Waals surface area contributed by atoms with Crippen LogP contribution in [-0.4, -0.2) is 52.0 Å². The van der Waals surface area contributed by atoms with E-state index in [1.807, 2.05) is 30.9 Å². The summed E-state index contributed by atoms with van der Waals surface area (Å²) < 4.78 is 5.77. The van der Waals surface area contributed by atoms with Gasteiger partial charge in [0.25, 0.3) is 0 Å². The number of nitrogens with zero attached hydrogens (tertiary/aromatic N) is 3. The Morgan fingerprint density at radius 1 is 1.32 bits per heavy atom. The summed E-state index contributed by atoms with van der Waals surface area (Å²) in [6, 6.07) is 13.8. The van der Waals surface area contributed by atoms with Gasteiger partial charge in [0.1, 0.15) is 12.1 Å². The number of rotatable bonds is 6. The standard InChI is InChI=1S/C25H28BrN5O3/c1-14(2)22(30-25(33)34-3)24(32)31-13-15(11-27)8-21(31)23-28-12-20(29-23)18-5-4-17-10-19(26)7-6-16(17)9-18/h4-7,9-10,12,14-15,21-22,24,32H,8,13H2,1-3H3,(H,28,29)(H,30,33)/t15-,21+,22+,24?/m0/s1. The number of halogens is 1. The van der Waals surface area contributed by atoms with Crippen LogP contribution in [0.4, 0.5) is 4.79 Å². The summed E-state index contributed by atoms with van der Waals surface area (Å²) in [4.78, 5) is 21.7. The Labute approximate surface area is 207 Å². The number of imidazole rings is 1. The van der Waals surface area contributed by atoms with Crippen LogP contribution in [0.2, 0.25) is 0 Å². The van der Waals surface area contributed by atoms with Gasteiger partial charge in [-0.1, -0.05) is 48.0 Å². The van der Waals surface area contributed by atoms with Gasteiger partial charge in [-0.3, -0.25) is 4.90 Å². The highest BCUT2D eigenvalue weighted by Crippen LogP contribution is 2.37. The molecule has 1 fully saturated rings. The Morgan fingerprint density at radius 2 is 2.06 bits per heavy atom. The van der Waals surface area contributed by atoms with Crippen LogP contribution >= 0.6 is 15.9 Å². The van der Waals surface area contributed by atoms with Gasteiger partial charge >= 0.3 is 6.09 Å². The lowest BCUT2D eigenvalue weighted by Gasteiger charge is -2.35. The summed E-state index contributed by atoms with van der Waals surface area (Å²) in [7, 11) is 1.29. The Balaban J connectivity index is 1.61. The average molecular weight is 526 g/mol. The number of H-pyrrole nitrogens is 1. The van der Waals surface area contributed by atoms with E-state index in [2.05, 4.69) is 61.5 Å². The smallest absolute Gasteiger partial charge is 0.407 e. The number of methoxy groups -OCH3 is 1. The number of likely N-dealkylation sites (tertiary alicyclic amines) is 1. The third-order valence-electron chi connectivity index (χ3n) is 6.40. The number of ether oxygens (including phenoxy) is 1. The van der Waals surface area contributed by atoms with Crippen molar-refractivity contribution in [1.82, 2.24) is 20.2 Å². The highest BCUT2D eigenvalue weighted by molar-refractivity contribution is 9.10. The molecule has 3 aromatic rings. The van der Waals surface area contributed by atoms with E-state index in [0.717, 1.165) is 26.5 Å². The fourth-order valence-corrected chi connectivity index (χ4v) is 4.92. The minimum absolute atomic E-state index is 0.0549. The van der Waals surface area contributed by atoms with Gasteiger partial charge in [-0.2, -0.15) is 5.26 Å². The fraction of sp³-hybridized carbons (Fsp3) is 0.400. The van der Waals surface area contributed by atoms with Gasteiger partial charge in [0.05, 0.1) is 43.1 Å². The number of alkyl carbamates (subject to hydrolysis) is 1. The molecule has 4 atom stereocenters. The van der Waals surface area contributed by atoms with Crippen molar-refractivity contribution in [2.75, 3.05) is 13.7 Å². The Bertz CT molecular complexity index is 1220. The van der Waals surface area contributed by atoms with Crippen molar-refractivity contribution in [3.63, 3.8) is 0 Å². The number of nitrogens with one attached hydrogen (secondary N) is 2. The fourth-order valence-electron chi connectivity index (χ4n) is 4.54. The summed E-state index contributed by atoms with van der Waals surface area (Å²) in [5.41, 5.74) is 1.87. The van der Waals surface area contributed by atoms with Gasteiger partial charge in [-0.25, -0.2) is 9.78 Å². The zero-order valence-electron chi connectivity index (χ0n) is 19.3. The van der Waals surface area contributed by atoms with Crippen molar-refractivity contribution >= 4 is 32.8 Å². The molecule has 0 spiro atoms. The number of hydrogen-bond donors (Lipinski definition) is 3. The maximum Gasteiger partial charge on any atom is 0.407 e. The van der Waals surface area contributed by atoms with Crippen LogP contribution in [0.25, 0.3) is 22.0 Å². The average Bonchev–Trinajstić information content (AvgIpc) is 3.48. The second-order valence-electron chi connectivity index (χ2n) is 8.98. The molecule has 2 heterocycles. The molecule has 1 saturated heterocycles. The van der Waals surface area contributed by atoms with Crippen LogP contribution in [0, 0.1) is 23.2 Å². The molecule has 178 valence electrons. The van der Waals surface area contributed by atoms with E-state index in [1.54, 1.807) is 6.20 Å². The minimum Gasteiger partial charge on any atom is -0.453 e. The lowest BCUT2D eigenvalue weighted by molar-refractivity contribution is -0.0447. The third kappa shape index (κ3) is 4.94. The maximum atomic E-state index is 11.9. The second kappa shape index (κ2) is 10.1. The van der Waals surface area contributed by atoms with Gasteiger partial charge in [-0.05, 0) is 41.3 Å². The molecule has 0 radical (unpaired) electrons. The Hall–Kier alpha value is -2.93. The quantitative estimate of drug-likeness (QED) is 0.434. The van der Waals surface area contributed by atoms with Crippen molar-refractivity contribution in [2.24, 2.45) is 11.8 Å². The number of amides is 1. The number of aromatic nitrogens is 2. The molecule has 34 heavy (non-hydrogen) atoms. The van der Waals surface area contributed by atoms with E-state index in [-0.39, 0.29) is 17.9 Å². The number of benzene rings is 2. The van der Waals surface area contributed by atoms with Crippen molar-refractivity contribution in [1.29, 1.82) is 5.26 Å². The number of nitriles is 1. The van der Waals surface area contributed by atoms with Crippen LogP contribution in [-0.2, 0) is 4.74 Å². The molecule has 1 unspecified atom stereocenters. The monoisotopic (exact) mass is 525 g/mol. The van der Waals surface area contributed by atoms with E-state index in [0.29, 0.717) is 18.8 Å². The molecule has 9 heteroatoms. The second-order valence-corrected chi connectivity index (χ2v) is 9.90. The van der Waals surface area contributed by atoms with Crippen molar-refractivity contribution in [3.05, 3.63) is 52.9 Å². The van der Waals surface area contributed by atoms with Crippen LogP contribution < -0.4 is 5.32 Å². The predicted molar refractivity (Wildman–Crippen MR) is 133 cm³/mol. The summed E-state index contributed by atoms with van der Waals surface area (Å²) in [5.74, 6) is 0.377. The molecule has 3 N–H and O–H groups in total. The molecule has 1 amide bonds. The van der Waals surface area contributed by atoms with Crippen molar-refractivity contribution < 1.29 is 14.6 Å². The first kappa shape index (κ1) is 24.2. The SMILES string of the molecule is COC(=O)N[C@H](C(C)C)C(O)N1C[C@H](C#N)C[C@@H]1c1ncc(-c2ccc3cc(Br)ccc3c2)[nH]1. The van der Waals surface area contributed by atoms with E-state index >= 15 is 0 Å². The number of carbonyl (C=O) groups excluding carboxylic acids is 1. The molecule has 0 aliphatic carbocycles. The summed E-state index contributed by atoms with van der Waals surface area (Å²) in [5, 5.41) is 25.8. The van der Waals surface area contributed by atoms with Gasteiger partial charge in [0, 0.05) is 16.6 Å². The molecular weight excluding hydrogens is 498 g/mol. The van der Waals surface area contributed by atoms with Crippen LogP contribution in [0.5, 0.6) is 0 Å². The maximum absolute atomic E-state index is 11.9. The number of hydrogen-bond acceptors (Lipinski definition) is 6. The number of aromatic amines is 1. The van der Waals surface area contributed by atoms with Gasteiger partial charge < -0.3 is 20.1 Å².